The second kappa shape index (κ2) is 14.6. The first-order valence-corrected chi connectivity index (χ1v) is 16.7. The van der Waals surface area contributed by atoms with Gasteiger partial charge in [-0.2, -0.15) is 0 Å². The standard InChI is InChI=1S/C37H29Cl2FN2O5S/c1-3-45-30-18-22(10-17-29(30)47-21-25-11-14-26(38)20-28(25)39)19-31-35(43)42-34(24-12-15-27(40)16-13-24)32(36(44)46-4-2)33(41-37(42)48-31)23-8-6-5-7-9-23/h5-20,34H,3-4,21H2,1-2H3/b31-19-/t34-/m1/s1. The maximum Gasteiger partial charge on any atom is 0.338 e. The number of carbonyl (C=O) groups is 1. The summed E-state index contributed by atoms with van der Waals surface area (Å²) in [4.78, 5) is 33.0. The Labute approximate surface area is 289 Å². The lowest BCUT2D eigenvalue weighted by Crippen LogP contribution is -2.40. The Bertz CT molecular complexity index is 2200. The van der Waals surface area contributed by atoms with Crippen molar-refractivity contribution in [2.24, 2.45) is 4.99 Å². The molecule has 0 N–H and O–H groups in total. The molecule has 0 saturated heterocycles. The molecule has 1 aliphatic rings. The predicted octanol–water partition coefficient (Wildman–Crippen LogP) is 7.36. The summed E-state index contributed by atoms with van der Waals surface area (Å²) in [5.74, 6) is -0.0564. The van der Waals surface area contributed by atoms with E-state index in [1.165, 1.54) is 28.0 Å². The van der Waals surface area contributed by atoms with Gasteiger partial charge in [0.15, 0.2) is 16.3 Å². The smallest absolute Gasteiger partial charge is 0.338 e. The van der Waals surface area contributed by atoms with Crippen LogP contribution < -0.4 is 24.4 Å². The molecule has 0 amide bonds. The minimum absolute atomic E-state index is 0.125. The zero-order chi connectivity index (χ0) is 33.8. The van der Waals surface area contributed by atoms with E-state index in [2.05, 4.69) is 0 Å². The lowest BCUT2D eigenvalue weighted by atomic mass is 9.93. The van der Waals surface area contributed by atoms with Gasteiger partial charge >= 0.3 is 5.97 Å². The number of fused-ring (bicyclic) bond motifs is 1. The van der Waals surface area contributed by atoms with Gasteiger partial charge in [-0.05, 0) is 67.4 Å². The van der Waals surface area contributed by atoms with Crippen LogP contribution in [0.25, 0.3) is 11.8 Å². The third-order valence-corrected chi connectivity index (χ3v) is 9.09. The Kier molecular flexibility index (Phi) is 10.1. The Morgan fingerprint density at radius 1 is 0.938 bits per heavy atom. The van der Waals surface area contributed by atoms with Crippen LogP contribution in [0.1, 0.15) is 42.1 Å². The fraction of sp³-hybridized carbons (Fsp3) is 0.162. The minimum Gasteiger partial charge on any atom is -0.490 e. The van der Waals surface area contributed by atoms with E-state index in [0.29, 0.717) is 59.9 Å². The molecule has 6 rings (SSSR count). The molecule has 5 aromatic rings. The molecule has 48 heavy (non-hydrogen) atoms. The number of ether oxygens (including phenoxy) is 3. The molecule has 2 heterocycles. The topological polar surface area (TPSA) is 79.1 Å². The van der Waals surface area contributed by atoms with Gasteiger partial charge < -0.3 is 14.2 Å². The summed E-state index contributed by atoms with van der Waals surface area (Å²) in [6.45, 7) is 4.29. The zero-order valence-corrected chi connectivity index (χ0v) is 28.2. The first kappa shape index (κ1) is 33.2. The van der Waals surface area contributed by atoms with E-state index in [-0.39, 0.29) is 24.3 Å². The van der Waals surface area contributed by atoms with Crippen molar-refractivity contribution in [3.8, 4) is 11.5 Å². The van der Waals surface area contributed by atoms with Crippen LogP contribution in [0.15, 0.2) is 106 Å². The minimum atomic E-state index is -0.910. The molecule has 4 aromatic carbocycles. The first-order valence-electron chi connectivity index (χ1n) is 15.1. The van der Waals surface area contributed by atoms with Crippen LogP contribution in [-0.2, 0) is 16.1 Å². The molecule has 1 aliphatic heterocycles. The van der Waals surface area contributed by atoms with Crippen LogP contribution in [0.2, 0.25) is 10.0 Å². The number of rotatable bonds is 10. The van der Waals surface area contributed by atoms with Gasteiger partial charge in [0.25, 0.3) is 5.56 Å². The monoisotopic (exact) mass is 702 g/mol. The number of hydrogen-bond donors (Lipinski definition) is 0. The van der Waals surface area contributed by atoms with Gasteiger partial charge in [-0.15, -0.1) is 0 Å². The number of thiazole rings is 1. The van der Waals surface area contributed by atoms with Crippen molar-refractivity contribution >= 4 is 52.3 Å². The molecule has 244 valence electrons. The van der Waals surface area contributed by atoms with Crippen molar-refractivity contribution in [2.75, 3.05) is 13.2 Å². The largest absolute Gasteiger partial charge is 0.490 e. The van der Waals surface area contributed by atoms with E-state index in [1.807, 2.05) is 43.3 Å². The number of esters is 1. The molecule has 1 atom stereocenters. The maximum absolute atomic E-state index is 14.2. The predicted molar refractivity (Wildman–Crippen MR) is 186 cm³/mol. The molecule has 0 saturated carbocycles. The lowest BCUT2D eigenvalue weighted by Gasteiger charge is -2.25. The highest BCUT2D eigenvalue weighted by Crippen LogP contribution is 2.35. The summed E-state index contributed by atoms with van der Waals surface area (Å²) >= 11 is 13.5. The van der Waals surface area contributed by atoms with Crippen LogP contribution in [0, 0.1) is 5.82 Å². The summed E-state index contributed by atoms with van der Waals surface area (Å²) in [7, 11) is 0. The second-order valence-corrected chi connectivity index (χ2v) is 12.5. The first-order chi connectivity index (χ1) is 23.3. The molecule has 0 fully saturated rings. The summed E-state index contributed by atoms with van der Waals surface area (Å²) < 4.78 is 33.3. The van der Waals surface area contributed by atoms with Crippen LogP contribution in [0.3, 0.4) is 0 Å². The highest BCUT2D eigenvalue weighted by atomic mass is 35.5. The van der Waals surface area contributed by atoms with E-state index >= 15 is 0 Å². The van der Waals surface area contributed by atoms with Crippen molar-refractivity contribution in [1.82, 2.24) is 4.57 Å². The highest BCUT2D eigenvalue weighted by Gasteiger charge is 2.35. The second-order valence-electron chi connectivity index (χ2n) is 10.6. The van der Waals surface area contributed by atoms with Gasteiger partial charge in [-0.25, -0.2) is 14.2 Å². The maximum atomic E-state index is 14.2. The average Bonchev–Trinajstić information content (AvgIpc) is 3.39. The fourth-order valence-electron chi connectivity index (χ4n) is 5.35. The van der Waals surface area contributed by atoms with Crippen molar-refractivity contribution in [3.63, 3.8) is 0 Å². The van der Waals surface area contributed by atoms with Gasteiger partial charge in [-0.1, -0.05) is 89.1 Å². The summed E-state index contributed by atoms with van der Waals surface area (Å²) in [5.41, 5.74) is 2.89. The number of nitrogens with zero attached hydrogens (tertiary/aromatic N) is 2. The summed E-state index contributed by atoms with van der Waals surface area (Å²) in [5, 5.41) is 1.03. The van der Waals surface area contributed by atoms with Gasteiger partial charge in [0.2, 0.25) is 0 Å². The molecule has 0 spiro atoms. The number of aromatic nitrogens is 1. The molecule has 11 heteroatoms. The highest BCUT2D eigenvalue weighted by molar-refractivity contribution is 7.07. The zero-order valence-electron chi connectivity index (χ0n) is 25.9. The molecule has 0 bridgehead atoms. The van der Waals surface area contributed by atoms with Crippen molar-refractivity contribution in [1.29, 1.82) is 0 Å². The van der Waals surface area contributed by atoms with Crippen LogP contribution in [0.4, 0.5) is 4.39 Å². The molecule has 7 nitrogen and oxygen atoms in total. The van der Waals surface area contributed by atoms with Crippen molar-refractivity contribution in [2.45, 2.75) is 26.5 Å². The molecular formula is C37H29Cl2FN2O5S. The Hall–Kier alpha value is -4.70. The molecule has 0 aliphatic carbocycles. The van der Waals surface area contributed by atoms with E-state index < -0.39 is 17.8 Å². The van der Waals surface area contributed by atoms with Crippen LogP contribution in [-0.4, -0.2) is 23.8 Å². The Morgan fingerprint density at radius 3 is 2.42 bits per heavy atom. The number of carbonyl (C=O) groups excluding carboxylic acids is 1. The third kappa shape index (κ3) is 6.94. The lowest BCUT2D eigenvalue weighted by molar-refractivity contribution is -0.138. The summed E-state index contributed by atoms with van der Waals surface area (Å²) in [6, 6.07) is 24.6. The fourth-order valence-corrected chi connectivity index (χ4v) is 6.81. The van der Waals surface area contributed by atoms with E-state index in [1.54, 1.807) is 55.5 Å². The summed E-state index contributed by atoms with van der Waals surface area (Å²) in [6.07, 6.45) is 1.74. The molecule has 1 aromatic heterocycles. The number of benzene rings is 4. The van der Waals surface area contributed by atoms with Crippen molar-refractivity contribution in [3.05, 3.63) is 154 Å². The van der Waals surface area contributed by atoms with Gasteiger partial charge in [0, 0.05) is 21.2 Å². The molecular weight excluding hydrogens is 674 g/mol. The van der Waals surface area contributed by atoms with E-state index in [9.17, 15) is 14.0 Å². The molecule has 0 radical (unpaired) electrons. The van der Waals surface area contributed by atoms with Gasteiger partial charge in [-0.3, -0.25) is 9.36 Å². The Balaban J connectivity index is 1.46. The third-order valence-electron chi connectivity index (χ3n) is 7.52. The van der Waals surface area contributed by atoms with Crippen LogP contribution >= 0.6 is 34.5 Å². The Morgan fingerprint density at radius 2 is 1.71 bits per heavy atom. The number of hydrogen-bond acceptors (Lipinski definition) is 7. The van der Waals surface area contributed by atoms with Crippen molar-refractivity contribution < 1.29 is 23.4 Å². The van der Waals surface area contributed by atoms with Crippen LogP contribution in [0.5, 0.6) is 11.5 Å². The molecule has 0 unspecified atom stereocenters. The normalized spacial score (nSPS) is 14.4. The SMILES string of the molecule is CCOC(=O)C1=C(c2ccccc2)N=c2s/c(=C\c3ccc(OCc4ccc(Cl)cc4Cl)c(OCC)c3)c(=O)n2[C@@H]1c1ccc(F)cc1. The van der Waals surface area contributed by atoms with Gasteiger partial charge in [0.05, 0.1) is 35.1 Å². The van der Waals surface area contributed by atoms with Gasteiger partial charge in [0.1, 0.15) is 12.4 Å². The van der Waals surface area contributed by atoms with E-state index in [0.717, 1.165) is 5.56 Å². The quantitative estimate of drug-likeness (QED) is 0.142. The number of halogens is 3. The van der Waals surface area contributed by atoms with E-state index in [4.69, 9.17) is 42.4 Å². The average molecular weight is 704 g/mol.